The SMILES string of the molecule is Cc1ccc(NC(=O)COC(=O)C2CCN(c3nc4ccccc4o3)CC2)cc1F. The molecule has 7 nitrogen and oxygen atoms in total. The van der Waals surface area contributed by atoms with Crippen LogP contribution in [0.1, 0.15) is 18.4 Å². The minimum Gasteiger partial charge on any atom is -0.455 e. The molecule has 0 aliphatic carbocycles. The van der Waals surface area contributed by atoms with Crippen LogP contribution < -0.4 is 10.2 Å². The van der Waals surface area contributed by atoms with Gasteiger partial charge in [0.15, 0.2) is 12.2 Å². The van der Waals surface area contributed by atoms with Crippen LogP contribution in [0.3, 0.4) is 0 Å². The number of aryl methyl sites for hydroxylation is 1. The molecule has 1 fully saturated rings. The van der Waals surface area contributed by atoms with E-state index in [9.17, 15) is 14.0 Å². The van der Waals surface area contributed by atoms with Gasteiger partial charge in [0.2, 0.25) is 0 Å². The minimum absolute atomic E-state index is 0.282. The second-order valence-corrected chi connectivity index (χ2v) is 7.35. The van der Waals surface area contributed by atoms with E-state index >= 15 is 0 Å². The van der Waals surface area contributed by atoms with Crippen LogP contribution in [0.4, 0.5) is 16.1 Å². The Kier molecular flexibility index (Phi) is 5.65. The van der Waals surface area contributed by atoms with Crippen LogP contribution in [-0.4, -0.2) is 36.6 Å². The summed E-state index contributed by atoms with van der Waals surface area (Å²) in [5.41, 5.74) is 2.34. The summed E-state index contributed by atoms with van der Waals surface area (Å²) in [4.78, 5) is 30.8. The van der Waals surface area contributed by atoms with Crippen LogP contribution in [-0.2, 0) is 14.3 Å². The van der Waals surface area contributed by atoms with Crippen molar-refractivity contribution < 1.29 is 23.1 Å². The molecule has 1 amide bonds. The van der Waals surface area contributed by atoms with Crippen molar-refractivity contribution in [2.45, 2.75) is 19.8 Å². The maximum absolute atomic E-state index is 13.5. The fraction of sp³-hybridized carbons (Fsp3) is 0.318. The molecule has 2 aromatic carbocycles. The summed E-state index contributed by atoms with van der Waals surface area (Å²) in [6, 6.07) is 12.5. The van der Waals surface area contributed by atoms with Crippen LogP contribution in [0.5, 0.6) is 0 Å². The van der Waals surface area contributed by atoms with Crippen molar-refractivity contribution in [2.24, 2.45) is 5.92 Å². The Morgan fingerprint density at radius 2 is 2.00 bits per heavy atom. The number of carbonyl (C=O) groups excluding carboxylic acids is 2. The van der Waals surface area contributed by atoms with Gasteiger partial charge in [0.25, 0.3) is 11.9 Å². The number of para-hydroxylation sites is 2. The minimum atomic E-state index is -0.504. The smallest absolute Gasteiger partial charge is 0.309 e. The number of esters is 1. The van der Waals surface area contributed by atoms with Gasteiger partial charge in [-0.05, 0) is 49.6 Å². The van der Waals surface area contributed by atoms with Crippen molar-refractivity contribution in [3.63, 3.8) is 0 Å². The van der Waals surface area contributed by atoms with Crippen LogP contribution >= 0.6 is 0 Å². The molecule has 0 spiro atoms. The van der Waals surface area contributed by atoms with Gasteiger partial charge in [0.1, 0.15) is 11.3 Å². The van der Waals surface area contributed by atoms with E-state index in [4.69, 9.17) is 9.15 Å². The lowest BCUT2D eigenvalue weighted by Gasteiger charge is -2.29. The Hall–Kier alpha value is -3.42. The number of anilines is 2. The maximum atomic E-state index is 13.5. The predicted octanol–water partition coefficient (Wildman–Crippen LogP) is 3.67. The quantitative estimate of drug-likeness (QED) is 0.645. The summed E-state index contributed by atoms with van der Waals surface area (Å²) in [7, 11) is 0. The van der Waals surface area contributed by atoms with Crippen molar-refractivity contribution >= 4 is 34.7 Å². The third-order valence-corrected chi connectivity index (χ3v) is 5.18. The standard InChI is InChI=1S/C22H22FN3O4/c1-14-6-7-16(12-17(14)23)24-20(27)13-29-21(28)15-8-10-26(11-9-15)22-25-18-4-2-3-5-19(18)30-22/h2-7,12,15H,8-11,13H2,1H3,(H,24,27). The lowest BCUT2D eigenvalue weighted by molar-refractivity contribution is -0.152. The number of hydrogen-bond acceptors (Lipinski definition) is 6. The van der Waals surface area contributed by atoms with Crippen molar-refractivity contribution in [3.05, 3.63) is 53.8 Å². The molecule has 0 saturated carbocycles. The van der Waals surface area contributed by atoms with Crippen molar-refractivity contribution in [3.8, 4) is 0 Å². The number of oxazole rings is 1. The number of aromatic nitrogens is 1. The third kappa shape index (κ3) is 4.42. The summed E-state index contributed by atoms with van der Waals surface area (Å²) >= 11 is 0. The molecule has 0 atom stereocenters. The first-order chi connectivity index (χ1) is 14.5. The Bertz CT molecular complexity index is 1040. The molecule has 0 unspecified atom stereocenters. The van der Waals surface area contributed by atoms with Gasteiger partial charge >= 0.3 is 5.97 Å². The van der Waals surface area contributed by atoms with E-state index in [1.165, 1.54) is 6.07 Å². The average Bonchev–Trinajstić information content (AvgIpc) is 3.19. The zero-order valence-electron chi connectivity index (χ0n) is 16.6. The van der Waals surface area contributed by atoms with E-state index < -0.39 is 24.3 Å². The Labute approximate surface area is 172 Å². The van der Waals surface area contributed by atoms with E-state index in [0.29, 0.717) is 43.2 Å². The van der Waals surface area contributed by atoms with E-state index in [-0.39, 0.29) is 5.92 Å². The third-order valence-electron chi connectivity index (χ3n) is 5.18. The summed E-state index contributed by atoms with van der Waals surface area (Å²) in [5, 5.41) is 2.52. The lowest BCUT2D eigenvalue weighted by atomic mass is 9.97. The number of rotatable bonds is 5. The summed E-state index contributed by atoms with van der Waals surface area (Å²) in [5.74, 6) is -1.60. The highest BCUT2D eigenvalue weighted by Gasteiger charge is 2.28. The van der Waals surface area contributed by atoms with Gasteiger partial charge in [-0.2, -0.15) is 4.98 Å². The first-order valence-electron chi connectivity index (χ1n) is 9.83. The number of halogens is 1. The van der Waals surface area contributed by atoms with E-state index in [1.54, 1.807) is 19.1 Å². The van der Waals surface area contributed by atoms with Crippen molar-refractivity contribution in [1.29, 1.82) is 0 Å². The Balaban J connectivity index is 1.25. The van der Waals surface area contributed by atoms with Crippen LogP contribution in [0, 0.1) is 18.7 Å². The topological polar surface area (TPSA) is 84.7 Å². The maximum Gasteiger partial charge on any atom is 0.309 e. The molecule has 30 heavy (non-hydrogen) atoms. The highest BCUT2D eigenvalue weighted by molar-refractivity contribution is 5.93. The summed E-state index contributed by atoms with van der Waals surface area (Å²) in [6.07, 6.45) is 1.17. The first kappa shape index (κ1) is 19.9. The first-order valence-corrected chi connectivity index (χ1v) is 9.83. The second-order valence-electron chi connectivity index (χ2n) is 7.35. The van der Waals surface area contributed by atoms with Gasteiger partial charge in [0, 0.05) is 18.8 Å². The zero-order valence-corrected chi connectivity index (χ0v) is 16.6. The number of piperidine rings is 1. The fourth-order valence-electron chi connectivity index (χ4n) is 3.42. The van der Waals surface area contributed by atoms with Gasteiger partial charge in [-0.1, -0.05) is 18.2 Å². The molecule has 8 heteroatoms. The molecule has 0 radical (unpaired) electrons. The second kappa shape index (κ2) is 8.52. The monoisotopic (exact) mass is 411 g/mol. The number of fused-ring (bicyclic) bond motifs is 1. The molecule has 1 aromatic heterocycles. The fourth-order valence-corrected chi connectivity index (χ4v) is 3.42. The van der Waals surface area contributed by atoms with Crippen LogP contribution in [0.2, 0.25) is 0 Å². The summed E-state index contributed by atoms with van der Waals surface area (Å²) < 4.78 is 24.5. The van der Waals surface area contributed by atoms with Crippen LogP contribution in [0.15, 0.2) is 46.9 Å². The van der Waals surface area contributed by atoms with Gasteiger partial charge in [-0.25, -0.2) is 4.39 Å². The summed E-state index contributed by atoms with van der Waals surface area (Å²) in [6.45, 7) is 2.46. The number of hydrogen-bond donors (Lipinski definition) is 1. The molecule has 1 aliphatic rings. The molecule has 2 heterocycles. The Morgan fingerprint density at radius 3 is 2.73 bits per heavy atom. The van der Waals surface area contributed by atoms with Crippen molar-refractivity contribution in [2.75, 3.05) is 29.9 Å². The zero-order chi connectivity index (χ0) is 21.1. The number of benzene rings is 2. The molecule has 4 rings (SSSR count). The largest absolute Gasteiger partial charge is 0.455 e. The average molecular weight is 411 g/mol. The molecular formula is C22H22FN3O4. The molecule has 1 N–H and O–H groups in total. The number of nitrogens with zero attached hydrogens (tertiary/aromatic N) is 2. The highest BCUT2D eigenvalue weighted by atomic mass is 19.1. The molecule has 3 aromatic rings. The van der Waals surface area contributed by atoms with Crippen molar-refractivity contribution in [1.82, 2.24) is 4.98 Å². The lowest BCUT2D eigenvalue weighted by Crippen LogP contribution is -2.37. The molecule has 1 aliphatic heterocycles. The highest BCUT2D eigenvalue weighted by Crippen LogP contribution is 2.26. The van der Waals surface area contributed by atoms with Gasteiger partial charge in [-0.15, -0.1) is 0 Å². The number of ether oxygens (including phenoxy) is 1. The van der Waals surface area contributed by atoms with E-state index in [0.717, 1.165) is 11.1 Å². The number of carbonyl (C=O) groups is 2. The predicted molar refractivity (Wildman–Crippen MR) is 110 cm³/mol. The molecule has 156 valence electrons. The normalized spacial score (nSPS) is 14.7. The van der Waals surface area contributed by atoms with Gasteiger partial charge < -0.3 is 19.4 Å². The van der Waals surface area contributed by atoms with Gasteiger partial charge in [0.05, 0.1) is 5.92 Å². The molecular weight excluding hydrogens is 389 g/mol. The number of amides is 1. The Morgan fingerprint density at radius 1 is 1.23 bits per heavy atom. The molecule has 0 bridgehead atoms. The van der Waals surface area contributed by atoms with E-state index in [2.05, 4.69) is 10.3 Å². The van der Waals surface area contributed by atoms with Crippen LogP contribution in [0.25, 0.3) is 11.1 Å². The molecule has 1 saturated heterocycles. The van der Waals surface area contributed by atoms with E-state index in [1.807, 2.05) is 29.2 Å². The number of nitrogens with one attached hydrogen (secondary N) is 1. The van der Waals surface area contributed by atoms with Gasteiger partial charge in [-0.3, -0.25) is 9.59 Å².